The first-order chi connectivity index (χ1) is 14.0. The van der Waals surface area contributed by atoms with Gasteiger partial charge in [-0.2, -0.15) is 4.68 Å². The highest BCUT2D eigenvalue weighted by Crippen LogP contribution is 2.24. The zero-order valence-electron chi connectivity index (χ0n) is 17.3. The molecule has 152 valence electrons. The van der Waals surface area contributed by atoms with Gasteiger partial charge in [-0.3, -0.25) is 4.79 Å². The molecule has 0 saturated carbocycles. The number of benzene rings is 2. The molecule has 1 heterocycles. The number of thioether (sulfide) groups is 1. The topological polar surface area (TPSA) is 72.7 Å². The van der Waals surface area contributed by atoms with Crippen molar-refractivity contribution in [2.24, 2.45) is 0 Å². The number of hydrogen-bond donors (Lipinski definition) is 1. The van der Waals surface area contributed by atoms with Crippen LogP contribution in [0.25, 0.3) is 5.69 Å². The first-order valence-electron chi connectivity index (χ1n) is 9.85. The molecule has 1 N–H and O–H groups in total. The highest BCUT2D eigenvalue weighted by atomic mass is 32.2. The summed E-state index contributed by atoms with van der Waals surface area (Å²) in [5.41, 5.74) is 4.52. The molecule has 2 aromatic carbocycles. The van der Waals surface area contributed by atoms with Crippen molar-refractivity contribution < 1.29 is 4.79 Å². The smallest absolute Gasteiger partial charge is 0.233 e. The lowest BCUT2D eigenvalue weighted by Crippen LogP contribution is -2.34. The molecule has 1 amide bonds. The molecule has 7 heteroatoms. The van der Waals surface area contributed by atoms with Crippen molar-refractivity contribution in [1.82, 2.24) is 25.5 Å². The van der Waals surface area contributed by atoms with E-state index in [1.54, 1.807) is 4.68 Å². The lowest BCUT2D eigenvalue weighted by molar-refractivity contribution is -0.120. The summed E-state index contributed by atoms with van der Waals surface area (Å²) in [5.74, 6) is 0.289. The average Bonchev–Trinajstić information content (AvgIpc) is 3.19. The van der Waals surface area contributed by atoms with E-state index < -0.39 is 0 Å². The Bertz CT molecular complexity index is 957. The minimum Gasteiger partial charge on any atom is -0.355 e. The molecular formula is C22H27N5OS. The Balaban J connectivity index is 1.63. The Morgan fingerprint density at radius 3 is 2.59 bits per heavy atom. The fourth-order valence-electron chi connectivity index (χ4n) is 3.07. The van der Waals surface area contributed by atoms with Gasteiger partial charge >= 0.3 is 0 Å². The van der Waals surface area contributed by atoms with Gasteiger partial charge in [-0.1, -0.05) is 55.1 Å². The van der Waals surface area contributed by atoms with E-state index >= 15 is 0 Å². The van der Waals surface area contributed by atoms with Gasteiger partial charge in [0.25, 0.3) is 0 Å². The third-order valence-corrected chi connectivity index (χ3v) is 6.15. The molecule has 0 unspecified atom stereocenters. The Kier molecular flexibility index (Phi) is 7.04. The van der Waals surface area contributed by atoms with Gasteiger partial charge in [0, 0.05) is 12.5 Å². The molecular weight excluding hydrogens is 382 g/mol. The third kappa shape index (κ3) is 5.23. The number of amides is 1. The Morgan fingerprint density at radius 1 is 1.14 bits per heavy atom. The van der Waals surface area contributed by atoms with Gasteiger partial charge in [0.15, 0.2) is 0 Å². The zero-order chi connectivity index (χ0) is 20.8. The number of aryl methyl sites for hydroxylation is 2. The fraction of sp³-hybridized carbons (Fsp3) is 0.364. The van der Waals surface area contributed by atoms with E-state index in [2.05, 4.69) is 53.7 Å². The molecule has 0 aliphatic heterocycles. The third-order valence-electron chi connectivity index (χ3n) is 5.11. The summed E-state index contributed by atoms with van der Waals surface area (Å²) >= 11 is 1.36. The second-order valence-corrected chi connectivity index (χ2v) is 8.47. The first kappa shape index (κ1) is 21.0. The lowest BCUT2D eigenvalue weighted by Gasteiger charge is -2.18. The molecule has 2 atom stereocenters. The van der Waals surface area contributed by atoms with E-state index in [1.165, 1.54) is 28.5 Å². The van der Waals surface area contributed by atoms with E-state index in [1.807, 2.05) is 43.3 Å². The van der Waals surface area contributed by atoms with Crippen molar-refractivity contribution in [2.75, 3.05) is 6.54 Å². The molecule has 3 rings (SSSR count). The summed E-state index contributed by atoms with van der Waals surface area (Å²) in [7, 11) is 0. The summed E-state index contributed by atoms with van der Waals surface area (Å²) in [6, 6.07) is 16.4. The van der Waals surface area contributed by atoms with E-state index in [-0.39, 0.29) is 11.2 Å². The van der Waals surface area contributed by atoms with Crippen LogP contribution in [0.2, 0.25) is 0 Å². The number of hydrogen-bond acceptors (Lipinski definition) is 5. The van der Waals surface area contributed by atoms with Gasteiger partial charge in [-0.05, 0) is 66.4 Å². The van der Waals surface area contributed by atoms with E-state index in [9.17, 15) is 4.79 Å². The van der Waals surface area contributed by atoms with Gasteiger partial charge in [0.1, 0.15) is 0 Å². The lowest BCUT2D eigenvalue weighted by atomic mass is 9.96. The molecule has 0 aliphatic carbocycles. The summed E-state index contributed by atoms with van der Waals surface area (Å²) in [6.07, 6.45) is 0.969. The minimum absolute atomic E-state index is 0.0148. The van der Waals surface area contributed by atoms with Crippen molar-refractivity contribution in [3.63, 3.8) is 0 Å². The number of tetrazole rings is 1. The first-order valence-corrected chi connectivity index (χ1v) is 10.7. The number of aromatic nitrogens is 4. The van der Waals surface area contributed by atoms with Crippen molar-refractivity contribution in [2.45, 2.75) is 50.4 Å². The maximum absolute atomic E-state index is 12.7. The number of carbonyl (C=O) groups excluding carboxylic acids is 1. The van der Waals surface area contributed by atoms with Gasteiger partial charge < -0.3 is 5.32 Å². The zero-order valence-corrected chi connectivity index (χ0v) is 18.1. The van der Waals surface area contributed by atoms with Crippen LogP contribution >= 0.6 is 11.8 Å². The maximum Gasteiger partial charge on any atom is 0.233 e. The SMILES string of the molecule is CC[C@@H](CNC(=O)[C@H](C)Sc1nnnn1-c1ccc(C)c(C)c1)c1ccccc1. The van der Waals surface area contributed by atoms with Crippen molar-refractivity contribution in [3.8, 4) is 5.69 Å². The second-order valence-electron chi connectivity index (χ2n) is 7.16. The predicted molar refractivity (Wildman–Crippen MR) is 116 cm³/mol. The molecule has 3 aromatic rings. The monoisotopic (exact) mass is 409 g/mol. The maximum atomic E-state index is 12.7. The van der Waals surface area contributed by atoms with Crippen LogP contribution in [0.1, 0.15) is 42.9 Å². The van der Waals surface area contributed by atoms with Gasteiger partial charge in [-0.15, -0.1) is 5.10 Å². The van der Waals surface area contributed by atoms with Crippen molar-refractivity contribution in [1.29, 1.82) is 0 Å². The standard InChI is InChI=1S/C22H27N5OS/c1-5-18(19-9-7-6-8-10-19)14-23-21(28)17(4)29-22-24-25-26-27(22)20-12-11-15(2)16(3)13-20/h6-13,17-18H,5,14H2,1-4H3,(H,23,28)/t17-,18-/m0/s1. The highest BCUT2D eigenvalue weighted by Gasteiger charge is 2.20. The van der Waals surface area contributed by atoms with E-state index in [4.69, 9.17) is 0 Å². The highest BCUT2D eigenvalue weighted by molar-refractivity contribution is 8.00. The molecule has 0 saturated heterocycles. The Morgan fingerprint density at radius 2 is 1.90 bits per heavy atom. The van der Waals surface area contributed by atoms with Crippen LogP contribution in [0.4, 0.5) is 0 Å². The largest absolute Gasteiger partial charge is 0.355 e. The van der Waals surface area contributed by atoms with Crippen molar-refractivity contribution >= 4 is 17.7 Å². The average molecular weight is 410 g/mol. The molecule has 0 radical (unpaired) electrons. The quantitative estimate of drug-likeness (QED) is 0.568. The van der Waals surface area contributed by atoms with Gasteiger partial charge in [0.05, 0.1) is 10.9 Å². The predicted octanol–water partition coefficient (Wildman–Crippen LogP) is 4.07. The molecule has 0 bridgehead atoms. The van der Waals surface area contributed by atoms with Crippen molar-refractivity contribution in [3.05, 3.63) is 65.2 Å². The van der Waals surface area contributed by atoms with Gasteiger partial charge in [0.2, 0.25) is 11.1 Å². The van der Waals surface area contributed by atoms with Crippen LogP contribution < -0.4 is 5.32 Å². The van der Waals surface area contributed by atoms with Gasteiger partial charge in [-0.25, -0.2) is 0 Å². The van der Waals surface area contributed by atoms with E-state index in [0.29, 0.717) is 17.6 Å². The number of carbonyl (C=O) groups is 1. The van der Waals surface area contributed by atoms with Crippen LogP contribution in [0, 0.1) is 13.8 Å². The second kappa shape index (κ2) is 9.69. The molecule has 0 fully saturated rings. The van der Waals surface area contributed by atoms with Crippen LogP contribution in [-0.2, 0) is 4.79 Å². The fourth-order valence-corrected chi connectivity index (χ4v) is 3.91. The number of nitrogens with one attached hydrogen (secondary N) is 1. The summed E-state index contributed by atoms with van der Waals surface area (Å²) in [5, 5.41) is 15.4. The molecule has 1 aromatic heterocycles. The van der Waals surface area contributed by atoms with E-state index in [0.717, 1.165) is 12.1 Å². The minimum atomic E-state index is -0.306. The molecule has 0 aliphatic rings. The molecule has 6 nitrogen and oxygen atoms in total. The number of nitrogens with zero attached hydrogens (tertiary/aromatic N) is 4. The normalized spacial score (nSPS) is 13.1. The molecule has 29 heavy (non-hydrogen) atoms. The molecule has 0 spiro atoms. The van der Waals surface area contributed by atoms with Crippen LogP contribution in [0.15, 0.2) is 53.7 Å². The van der Waals surface area contributed by atoms with Crippen LogP contribution in [0.3, 0.4) is 0 Å². The van der Waals surface area contributed by atoms with Crippen LogP contribution in [0.5, 0.6) is 0 Å². The summed E-state index contributed by atoms with van der Waals surface area (Å²) in [4.78, 5) is 12.7. The number of rotatable bonds is 8. The summed E-state index contributed by atoms with van der Waals surface area (Å²) in [6.45, 7) is 8.76. The Labute approximate surface area is 176 Å². The Hall–Kier alpha value is -2.67. The summed E-state index contributed by atoms with van der Waals surface area (Å²) < 4.78 is 1.68. The van der Waals surface area contributed by atoms with Crippen LogP contribution in [-0.4, -0.2) is 37.9 Å².